The van der Waals surface area contributed by atoms with Crippen LogP contribution in [0, 0.1) is 0 Å². The molecule has 0 amide bonds. The Morgan fingerprint density at radius 2 is 2.11 bits per heavy atom. The molecule has 0 bridgehead atoms. The summed E-state index contributed by atoms with van der Waals surface area (Å²) in [5.41, 5.74) is 0.889. The van der Waals surface area contributed by atoms with Gasteiger partial charge in [0, 0.05) is 0 Å². The molecule has 2 nitrogen and oxygen atoms in total. The van der Waals surface area contributed by atoms with E-state index in [0.29, 0.717) is 0 Å². The van der Waals surface area contributed by atoms with Crippen LogP contribution in [-0.2, 0) is 0 Å². The lowest BCUT2D eigenvalue weighted by Crippen LogP contribution is -1.81. The Morgan fingerprint density at radius 1 is 1.44 bits per heavy atom. The molecule has 0 heterocycles. The second-order valence-corrected chi connectivity index (χ2v) is 1.78. The predicted octanol–water partition coefficient (Wildman–Crippen LogP) is 0.474. The molecular weight excluding hydrogens is 116 g/mol. The first kappa shape index (κ1) is 8.40. The van der Waals surface area contributed by atoms with Crippen LogP contribution in [0.3, 0.4) is 0 Å². The minimum atomic E-state index is 0.0508. The van der Waals surface area contributed by atoms with Crippen molar-refractivity contribution in [3.8, 4) is 0 Å². The van der Waals surface area contributed by atoms with E-state index in [2.05, 4.69) is 0 Å². The van der Waals surface area contributed by atoms with Crippen molar-refractivity contribution >= 4 is 0 Å². The zero-order chi connectivity index (χ0) is 7.11. The molecule has 2 N–H and O–H groups in total. The van der Waals surface area contributed by atoms with Gasteiger partial charge < -0.3 is 10.2 Å². The molecule has 0 aromatic rings. The number of aliphatic hydroxyl groups excluding tert-OH is 2. The van der Waals surface area contributed by atoms with Gasteiger partial charge in [-0.3, -0.25) is 0 Å². The van der Waals surface area contributed by atoms with Gasteiger partial charge in [-0.15, -0.1) is 0 Å². The molecule has 0 aliphatic carbocycles. The molecule has 0 aromatic carbocycles. The lowest BCUT2D eigenvalue weighted by Gasteiger charge is -1.87. The van der Waals surface area contributed by atoms with Gasteiger partial charge in [0.1, 0.15) is 0 Å². The fourth-order valence-corrected chi connectivity index (χ4v) is 0.346. The summed E-state index contributed by atoms with van der Waals surface area (Å²) < 4.78 is 0. The highest BCUT2D eigenvalue weighted by molar-refractivity contribution is 5.10. The molecule has 0 saturated heterocycles. The van der Waals surface area contributed by atoms with E-state index in [1.807, 2.05) is 6.92 Å². The van der Waals surface area contributed by atoms with Gasteiger partial charge >= 0.3 is 0 Å². The third-order valence-electron chi connectivity index (χ3n) is 0.872. The molecular formula is C7H12O2. The van der Waals surface area contributed by atoms with Crippen LogP contribution < -0.4 is 0 Å². The molecule has 0 unspecified atom stereocenters. The average Bonchev–Trinajstić information content (AvgIpc) is 1.89. The molecule has 9 heavy (non-hydrogen) atoms. The lowest BCUT2D eigenvalue weighted by atomic mass is 10.3. The summed E-state index contributed by atoms with van der Waals surface area (Å²) >= 11 is 0. The summed E-state index contributed by atoms with van der Waals surface area (Å²) in [6, 6.07) is 0. The van der Waals surface area contributed by atoms with E-state index in [0.717, 1.165) is 5.57 Å². The van der Waals surface area contributed by atoms with E-state index in [4.69, 9.17) is 10.2 Å². The summed E-state index contributed by atoms with van der Waals surface area (Å²) in [6.45, 7) is 1.95. The number of rotatable bonds is 3. The SMILES string of the molecule is C/C(=C\C=C\CO)CO. The van der Waals surface area contributed by atoms with Crippen LogP contribution in [0.4, 0.5) is 0 Å². The lowest BCUT2D eigenvalue weighted by molar-refractivity contribution is 0.331. The van der Waals surface area contributed by atoms with Crippen molar-refractivity contribution in [3.05, 3.63) is 23.8 Å². The van der Waals surface area contributed by atoms with Gasteiger partial charge in [0.15, 0.2) is 0 Å². The van der Waals surface area contributed by atoms with Crippen molar-refractivity contribution in [2.75, 3.05) is 13.2 Å². The Morgan fingerprint density at radius 3 is 2.56 bits per heavy atom. The normalized spacial score (nSPS) is 13.0. The predicted molar refractivity (Wildman–Crippen MR) is 37.1 cm³/mol. The Kier molecular flexibility index (Phi) is 5.17. The zero-order valence-corrected chi connectivity index (χ0v) is 5.54. The third-order valence-corrected chi connectivity index (χ3v) is 0.872. The van der Waals surface area contributed by atoms with Crippen LogP contribution >= 0.6 is 0 Å². The van der Waals surface area contributed by atoms with Crippen LogP contribution in [0.25, 0.3) is 0 Å². The molecule has 0 rings (SSSR count). The Labute approximate surface area is 55.1 Å². The molecule has 0 aliphatic heterocycles. The van der Waals surface area contributed by atoms with E-state index in [1.165, 1.54) is 0 Å². The topological polar surface area (TPSA) is 40.5 Å². The highest BCUT2D eigenvalue weighted by atomic mass is 16.3. The second-order valence-electron chi connectivity index (χ2n) is 1.78. The van der Waals surface area contributed by atoms with Gasteiger partial charge in [0.05, 0.1) is 13.2 Å². The van der Waals surface area contributed by atoms with Crippen molar-refractivity contribution in [3.63, 3.8) is 0 Å². The molecule has 0 spiro atoms. The van der Waals surface area contributed by atoms with E-state index < -0.39 is 0 Å². The monoisotopic (exact) mass is 128 g/mol. The van der Waals surface area contributed by atoms with E-state index in [-0.39, 0.29) is 13.2 Å². The van der Waals surface area contributed by atoms with Gasteiger partial charge in [0.25, 0.3) is 0 Å². The number of aliphatic hydroxyl groups is 2. The second kappa shape index (κ2) is 5.54. The minimum absolute atomic E-state index is 0.0508. The summed E-state index contributed by atoms with van der Waals surface area (Å²) in [5.74, 6) is 0. The van der Waals surface area contributed by atoms with Crippen LogP contribution in [0.5, 0.6) is 0 Å². The summed E-state index contributed by atoms with van der Waals surface area (Å²) in [5, 5.41) is 16.7. The first-order valence-corrected chi connectivity index (χ1v) is 2.85. The van der Waals surface area contributed by atoms with Crippen molar-refractivity contribution in [2.24, 2.45) is 0 Å². The fourth-order valence-electron chi connectivity index (χ4n) is 0.346. The summed E-state index contributed by atoms with van der Waals surface area (Å²) in [6.07, 6.45) is 5.08. The Bertz CT molecular complexity index is 114. The molecule has 0 fully saturated rings. The first-order chi connectivity index (χ1) is 4.31. The smallest absolute Gasteiger partial charge is 0.0642 e. The van der Waals surface area contributed by atoms with Gasteiger partial charge in [-0.1, -0.05) is 18.2 Å². The maximum absolute atomic E-state index is 8.47. The van der Waals surface area contributed by atoms with Gasteiger partial charge in [-0.05, 0) is 12.5 Å². The standard InChI is InChI=1S/C7H12O2/c1-7(6-9)4-2-3-5-8/h2-4,8-9H,5-6H2,1H3/b3-2+,7-4+. The van der Waals surface area contributed by atoms with E-state index in [9.17, 15) is 0 Å². The Hall–Kier alpha value is -0.600. The van der Waals surface area contributed by atoms with Crippen molar-refractivity contribution < 1.29 is 10.2 Å². The van der Waals surface area contributed by atoms with Crippen molar-refractivity contribution in [1.29, 1.82) is 0 Å². The molecule has 0 atom stereocenters. The molecule has 0 aliphatic rings. The summed E-state index contributed by atoms with van der Waals surface area (Å²) in [4.78, 5) is 0. The van der Waals surface area contributed by atoms with Crippen molar-refractivity contribution in [2.45, 2.75) is 6.92 Å². The molecule has 2 heteroatoms. The minimum Gasteiger partial charge on any atom is -0.392 e. The zero-order valence-electron chi connectivity index (χ0n) is 5.54. The number of hydrogen-bond acceptors (Lipinski definition) is 2. The van der Waals surface area contributed by atoms with Crippen LogP contribution in [0.15, 0.2) is 23.8 Å². The summed E-state index contributed by atoms with van der Waals surface area (Å²) in [7, 11) is 0. The quantitative estimate of drug-likeness (QED) is 0.542. The van der Waals surface area contributed by atoms with Gasteiger partial charge in [0.2, 0.25) is 0 Å². The van der Waals surface area contributed by atoms with Crippen LogP contribution in [-0.4, -0.2) is 23.4 Å². The fraction of sp³-hybridized carbons (Fsp3) is 0.429. The molecule has 0 radical (unpaired) electrons. The van der Waals surface area contributed by atoms with Gasteiger partial charge in [-0.25, -0.2) is 0 Å². The highest BCUT2D eigenvalue weighted by Crippen LogP contribution is 1.88. The van der Waals surface area contributed by atoms with Crippen LogP contribution in [0.1, 0.15) is 6.92 Å². The maximum atomic E-state index is 8.47. The van der Waals surface area contributed by atoms with E-state index in [1.54, 1.807) is 18.2 Å². The largest absolute Gasteiger partial charge is 0.392 e. The maximum Gasteiger partial charge on any atom is 0.0642 e. The van der Waals surface area contributed by atoms with Crippen LogP contribution in [0.2, 0.25) is 0 Å². The van der Waals surface area contributed by atoms with Crippen molar-refractivity contribution in [1.82, 2.24) is 0 Å². The number of hydrogen-bond donors (Lipinski definition) is 2. The first-order valence-electron chi connectivity index (χ1n) is 2.85. The molecule has 0 aromatic heterocycles. The number of allylic oxidation sites excluding steroid dienone is 2. The molecule has 52 valence electrons. The average molecular weight is 128 g/mol. The molecule has 0 saturated carbocycles. The Balaban J connectivity index is 3.55. The van der Waals surface area contributed by atoms with E-state index >= 15 is 0 Å². The third kappa shape index (κ3) is 5.27. The highest BCUT2D eigenvalue weighted by Gasteiger charge is 1.77. The van der Waals surface area contributed by atoms with Gasteiger partial charge in [-0.2, -0.15) is 0 Å².